The van der Waals surface area contributed by atoms with E-state index >= 15 is 0 Å². The van der Waals surface area contributed by atoms with E-state index < -0.39 is 0 Å². The van der Waals surface area contributed by atoms with Crippen molar-refractivity contribution in [3.05, 3.63) is 29.1 Å². The molecular weight excluding hydrogens is 242 g/mol. The summed E-state index contributed by atoms with van der Waals surface area (Å²) in [5.41, 5.74) is 1.39. The Hall–Kier alpha value is -1.95. The van der Waals surface area contributed by atoms with E-state index in [2.05, 4.69) is 20.2 Å². The van der Waals surface area contributed by atoms with E-state index in [0.717, 1.165) is 5.69 Å². The van der Waals surface area contributed by atoms with Gasteiger partial charge in [-0.1, -0.05) is 11.6 Å². The maximum atomic E-state index is 5.86. The third-order valence-electron chi connectivity index (χ3n) is 2.48. The first kappa shape index (κ1) is 10.2. The van der Waals surface area contributed by atoms with Gasteiger partial charge in [-0.25, -0.2) is 9.97 Å². The van der Waals surface area contributed by atoms with E-state index in [1.807, 2.05) is 13.8 Å². The Morgan fingerprint density at radius 1 is 1.29 bits per heavy atom. The van der Waals surface area contributed by atoms with Crippen LogP contribution >= 0.6 is 11.6 Å². The first-order valence-electron chi connectivity index (χ1n) is 4.95. The summed E-state index contributed by atoms with van der Waals surface area (Å²) in [6.07, 6.45) is 1.38. The van der Waals surface area contributed by atoms with Crippen LogP contribution in [0.15, 0.2) is 16.9 Å². The fraction of sp³-hybridized carbons (Fsp3) is 0.200. The molecular formula is C10H8ClN5O. The SMILES string of the molecule is Cc1ncoc1-c1nnc2cc(Cl)nc(C)n12. The van der Waals surface area contributed by atoms with Crippen molar-refractivity contribution in [2.75, 3.05) is 0 Å². The van der Waals surface area contributed by atoms with E-state index in [1.54, 1.807) is 10.5 Å². The van der Waals surface area contributed by atoms with Crippen LogP contribution in [0, 0.1) is 13.8 Å². The van der Waals surface area contributed by atoms with Crippen LogP contribution < -0.4 is 0 Å². The summed E-state index contributed by atoms with van der Waals surface area (Å²) in [5.74, 6) is 1.87. The summed E-state index contributed by atoms with van der Waals surface area (Å²) in [6.45, 7) is 3.68. The molecule has 3 heterocycles. The maximum Gasteiger partial charge on any atom is 0.207 e. The third kappa shape index (κ3) is 1.49. The minimum atomic E-state index is 0.392. The zero-order valence-electron chi connectivity index (χ0n) is 9.18. The van der Waals surface area contributed by atoms with Crippen LogP contribution in [0.2, 0.25) is 5.15 Å². The lowest BCUT2D eigenvalue weighted by atomic mass is 10.3. The summed E-state index contributed by atoms with van der Waals surface area (Å²) >= 11 is 5.86. The molecule has 0 amide bonds. The quantitative estimate of drug-likeness (QED) is 0.618. The number of rotatable bonds is 1. The number of aryl methyl sites for hydroxylation is 2. The molecule has 0 aliphatic heterocycles. The minimum Gasteiger partial charge on any atom is -0.440 e. The predicted molar refractivity (Wildman–Crippen MR) is 60.8 cm³/mol. The van der Waals surface area contributed by atoms with Crippen molar-refractivity contribution in [3.8, 4) is 11.6 Å². The van der Waals surface area contributed by atoms with Gasteiger partial charge >= 0.3 is 0 Å². The third-order valence-corrected chi connectivity index (χ3v) is 2.67. The van der Waals surface area contributed by atoms with Gasteiger partial charge in [0.25, 0.3) is 0 Å². The molecule has 0 saturated heterocycles. The van der Waals surface area contributed by atoms with E-state index in [-0.39, 0.29) is 0 Å². The lowest BCUT2D eigenvalue weighted by Gasteiger charge is -2.01. The highest BCUT2D eigenvalue weighted by Gasteiger charge is 2.16. The molecule has 17 heavy (non-hydrogen) atoms. The average molecular weight is 250 g/mol. The Morgan fingerprint density at radius 2 is 2.12 bits per heavy atom. The molecule has 0 spiro atoms. The Labute approximate surface area is 101 Å². The van der Waals surface area contributed by atoms with Crippen molar-refractivity contribution in [3.63, 3.8) is 0 Å². The zero-order valence-corrected chi connectivity index (χ0v) is 9.93. The van der Waals surface area contributed by atoms with Crippen molar-refractivity contribution in [1.29, 1.82) is 0 Å². The van der Waals surface area contributed by atoms with Gasteiger partial charge in [-0.2, -0.15) is 0 Å². The molecule has 3 aromatic rings. The largest absolute Gasteiger partial charge is 0.440 e. The van der Waals surface area contributed by atoms with Gasteiger partial charge in [0, 0.05) is 6.07 Å². The monoisotopic (exact) mass is 249 g/mol. The van der Waals surface area contributed by atoms with Gasteiger partial charge in [-0.05, 0) is 13.8 Å². The Kier molecular flexibility index (Phi) is 2.12. The number of nitrogens with zero attached hydrogens (tertiary/aromatic N) is 5. The van der Waals surface area contributed by atoms with Crippen LogP contribution in [0.25, 0.3) is 17.2 Å². The van der Waals surface area contributed by atoms with Gasteiger partial charge in [0.05, 0.1) is 5.69 Å². The molecule has 3 aromatic heterocycles. The molecule has 0 aliphatic carbocycles. The Morgan fingerprint density at radius 3 is 2.82 bits per heavy atom. The number of fused-ring (bicyclic) bond motifs is 1. The molecule has 0 fully saturated rings. The Bertz CT molecular complexity index is 702. The standard InChI is InChI=1S/C10H8ClN5O/c1-5-9(17-4-12-5)10-15-14-8-3-7(11)13-6(2)16(8)10/h3-4H,1-2H3. The summed E-state index contributed by atoms with van der Waals surface area (Å²) in [6, 6.07) is 1.65. The number of halogens is 1. The van der Waals surface area contributed by atoms with Crippen LogP contribution in [0.5, 0.6) is 0 Å². The van der Waals surface area contributed by atoms with Crippen molar-refractivity contribution < 1.29 is 4.42 Å². The van der Waals surface area contributed by atoms with E-state index in [0.29, 0.717) is 28.2 Å². The fourth-order valence-corrected chi connectivity index (χ4v) is 1.94. The highest BCUT2D eigenvalue weighted by molar-refractivity contribution is 6.29. The van der Waals surface area contributed by atoms with Gasteiger partial charge in [0.2, 0.25) is 5.82 Å². The van der Waals surface area contributed by atoms with Crippen LogP contribution in [0.4, 0.5) is 0 Å². The summed E-state index contributed by atoms with van der Waals surface area (Å²) in [7, 11) is 0. The first-order chi connectivity index (χ1) is 8.16. The summed E-state index contributed by atoms with van der Waals surface area (Å²) in [4.78, 5) is 8.19. The Balaban J connectivity index is 2.36. The smallest absolute Gasteiger partial charge is 0.207 e. The van der Waals surface area contributed by atoms with Gasteiger partial charge in [-0.3, -0.25) is 4.40 Å². The van der Waals surface area contributed by atoms with E-state index in [1.165, 1.54) is 6.39 Å². The molecule has 0 unspecified atom stereocenters. The number of hydrogen-bond donors (Lipinski definition) is 0. The van der Waals surface area contributed by atoms with Crippen LogP contribution in [-0.4, -0.2) is 24.6 Å². The zero-order chi connectivity index (χ0) is 12.0. The van der Waals surface area contributed by atoms with Crippen molar-refractivity contribution in [2.45, 2.75) is 13.8 Å². The second-order valence-electron chi connectivity index (χ2n) is 3.61. The lowest BCUT2D eigenvalue weighted by molar-refractivity contribution is 0.565. The molecule has 3 rings (SSSR count). The molecule has 6 nitrogen and oxygen atoms in total. The van der Waals surface area contributed by atoms with Gasteiger partial charge < -0.3 is 4.42 Å². The van der Waals surface area contributed by atoms with Gasteiger partial charge in [-0.15, -0.1) is 10.2 Å². The van der Waals surface area contributed by atoms with Crippen LogP contribution in [-0.2, 0) is 0 Å². The normalized spacial score (nSPS) is 11.2. The van der Waals surface area contributed by atoms with Crippen molar-refractivity contribution in [1.82, 2.24) is 24.6 Å². The van der Waals surface area contributed by atoms with Crippen LogP contribution in [0.3, 0.4) is 0 Å². The predicted octanol–water partition coefficient (Wildman–Crippen LogP) is 2.05. The van der Waals surface area contributed by atoms with Gasteiger partial charge in [0.1, 0.15) is 11.0 Å². The molecule has 0 atom stereocenters. The molecule has 0 saturated carbocycles. The number of oxazole rings is 1. The minimum absolute atomic E-state index is 0.392. The second kappa shape index (κ2) is 3.53. The van der Waals surface area contributed by atoms with Crippen molar-refractivity contribution >= 4 is 17.2 Å². The highest BCUT2D eigenvalue weighted by Crippen LogP contribution is 2.23. The lowest BCUT2D eigenvalue weighted by Crippen LogP contribution is -1.98. The first-order valence-corrected chi connectivity index (χ1v) is 5.33. The summed E-state index contributed by atoms with van der Waals surface area (Å²) in [5, 5.41) is 8.51. The maximum absolute atomic E-state index is 5.86. The van der Waals surface area contributed by atoms with Crippen LogP contribution in [0.1, 0.15) is 11.5 Å². The van der Waals surface area contributed by atoms with Crippen molar-refractivity contribution in [2.24, 2.45) is 0 Å². The fourth-order valence-electron chi connectivity index (χ4n) is 1.72. The second-order valence-corrected chi connectivity index (χ2v) is 4.00. The highest BCUT2D eigenvalue weighted by atomic mass is 35.5. The number of hydrogen-bond acceptors (Lipinski definition) is 5. The van der Waals surface area contributed by atoms with E-state index in [4.69, 9.17) is 16.0 Å². The summed E-state index contributed by atoms with van der Waals surface area (Å²) < 4.78 is 7.08. The molecule has 7 heteroatoms. The molecule has 0 aliphatic rings. The molecule has 0 aromatic carbocycles. The van der Waals surface area contributed by atoms with E-state index in [9.17, 15) is 0 Å². The number of aromatic nitrogens is 5. The molecule has 0 bridgehead atoms. The molecule has 0 N–H and O–H groups in total. The molecule has 0 radical (unpaired) electrons. The topological polar surface area (TPSA) is 69.1 Å². The average Bonchev–Trinajstić information content (AvgIpc) is 2.83. The molecule has 86 valence electrons. The van der Waals surface area contributed by atoms with Gasteiger partial charge in [0.15, 0.2) is 17.8 Å².